The molecule has 0 spiro atoms. The molecule has 0 aliphatic heterocycles. The molecule has 0 unspecified atom stereocenters. The minimum Gasteiger partial charge on any atom is -0.504 e. The molecule has 0 saturated carbocycles. The van der Waals surface area contributed by atoms with Crippen molar-refractivity contribution in [3.63, 3.8) is 0 Å². The zero-order valence-electron chi connectivity index (χ0n) is 10.4. The Hall–Kier alpha value is -2.08. The molecule has 0 amide bonds. The Morgan fingerprint density at radius 2 is 1.95 bits per heavy atom. The SMILES string of the molecule is CC(C)c1nc(-c2ccc(O)c(O)c2)sc1C(=O)O. The van der Waals surface area contributed by atoms with Gasteiger partial charge < -0.3 is 15.3 Å². The van der Waals surface area contributed by atoms with Crippen LogP contribution in [0.1, 0.15) is 35.1 Å². The van der Waals surface area contributed by atoms with E-state index in [2.05, 4.69) is 4.98 Å². The van der Waals surface area contributed by atoms with E-state index in [0.717, 1.165) is 11.3 Å². The molecule has 0 radical (unpaired) electrons. The Bertz CT molecular complexity index is 634. The molecule has 100 valence electrons. The molecule has 0 aliphatic rings. The van der Waals surface area contributed by atoms with Crippen LogP contribution in [0.2, 0.25) is 0 Å². The molecule has 0 atom stereocenters. The lowest BCUT2D eigenvalue weighted by molar-refractivity contribution is 0.0700. The van der Waals surface area contributed by atoms with Crippen LogP contribution in [0.25, 0.3) is 10.6 Å². The Morgan fingerprint density at radius 1 is 1.26 bits per heavy atom. The summed E-state index contributed by atoms with van der Waals surface area (Å²) in [5.74, 6) is -1.48. The molecule has 1 aromatic carbocycles. The van der Waals surface area contributed by atoms with Gasteiger partial charge in [-0.05, 0) is 24.1 Å². The van der Waals surface area contributed by atoms with Gasteiger partial charge in [-0.2, -0.15) is 0 Å². The van der Waals surface area contributed by atoms with Crippen LogP contribution in [0.3, 0.4) is 0 Å². The lowest BCUT2D eigenvalue weighted by atomic mass is 10.1. The number of aromatic nitrogens is 1. The van der Waals surface area contributed by atoms with Gasteiger partial charge in [-0.1, -0.05) is 13.8 Å². The summed E-state index contributed by atoms with van der Waals surface area (Å²) in [6, 6.07) is 4.30. The molecule has 0 saturated heterocycles. The first-order valence-electron chi connectivity index (χ1n) is 5.66. The van der Waals surface area contributed by atoms with Gasteiger partial charge in [-0.25, -0.2) is 9.78 Å². The summed E-state index contributed by atoms with van der Waals surface area (Å²) in [6.45, 7) is 3.75. The Morgan fingerprint density at radius 3 is 2.42 bits per heavy atom. The van der Waals surface area contributed by atoms with Gasteiger partial charge in [0.2, 0.25) is 0 Å². The average Bonchev–Trinajstić information content (AvgIpc) is 2.78. The van der Waals surface area contributed by atoms with Crippen LogP contribution in [-0.4, -0.2) is 26.3 Å². The van der Waals surface area contributed by atoms with Crippen molar-refractivity contribution in [2.45, 2.75) is 19.8 Å². The largest absolute Gasteiger partial charge is 0.504 e. The van der Waals surface area contributed by atoms with Crippen LogP contribution < -0.4 is 0 Å². The monoisotopic (exact) mass is 279 g/mol. The fourth-order valence-electron chi connectivity index (χ4n) is 1.66. The van der Waals surface area contributed by atoms with E-state index in [1.54, 1.807) is 6.07 Å². The normalized spacial score (nSPS) is 10.9. The highest BCUT2D eigenvalue weighted by atomic mass is 32.1. The molecular formula is C13H13NO4S. The van der Waals surface area contributed by atoms with Crippen molar-refractivity contribution in [2.24, 2.45) is 0 Å². The summed E-state index contributed by atoms with van der Waals surface area (Å²) in [5, 5.41) is 28.4. The maximum Gasteiger partial charge on any atom is 0.347 e. The number of rotatable bonds is 3. The maximum atomic E-state index is 11.2. The van der Waals surface area contributed by atoms with Crippen molar-refractivity contribution in [3.05, 3.63) is 28.8 Å². The highest BCUT2D eigenvalue weighted by Gasteiger charge is 2.20. The molecule has 0 fully saturated rings. The number of carboxylic acid groups (broad SMARTS) is 1. The van der Waals surface area contributed by atoms with Gasteiger partial charge in [-0.15, -0.1) is 11.3 Å². The number of hydrogen-bond donors (Lipinski definition) is 3. The predicted octanol–water partition coefficient (Wildman–Crippen LogP) is 3.04. The van der Waals surface area contributed by atoms with E-state index >= 15 is 0 Å². The second-order valence-corrected chi connectivity index (χ2v) is 5.40. The van der Waals surface area contributed by atoms with E-state index < -0.39 is 5.97 Å². The van der Waals surface area contributed by atoms with Crippen molar-refractivity contribution in [3.8, 4) is 22.1 Å². The molecule has 2 aromatic rings. The summed E-state index contributed by atoms with van der Waals surface area (Å²) in [4.78, 5) is 15.7. The average molecular weight is 279 g/mol. The van der Waals surface area contributed by atoms with E-state index in [0.29, 0.717) is 16.3 Å². The number of phenols is 2. The first kappa shape index (κ1) is 13.4. The standard InChI is InChI=1S/C13H13NO4S/c1-6(2)10-11(13(17)18)19-12(14-10)7-3-4-8(15)9(16)5-7/h3-6,15-16H,1-2H3,(H,17,18). The lowest BCUT2D eigenvalue weighted by Gasteiger charge is -2.01. The number of aromatic carboxylic acids is 1. The molecule has 6 heteroatoms. The van der Waals surface area contributed by atoms with E-state index in [9.17, 15) is 15.0 Å². The van der Waals surface area contributed by atoms with Gasteiger partial charge >= 0.3 is 5.97 Å². The van der Waals surface area contributed by atoms with Crippen LogP contribution in [0.4, 0.5) is 0 Å². The lowest BCUT2D eigenvalue weighted by Crippen LogP contribution is -2.00. The number of carbonyl (C=O) groups is 1. The smallest absolute Gasteiger partial charge is 0.347 e. The zero-order chi connectivity index (χ0) is 14.2. The number of hydrogen-bond acceptors (Lipinski definition) is 5. The Kier molecular flexibility index (Phi) is 3.44. The summed E-state index contributed by atoms with van der Waals surface area (Å²) in [6.07, 6.45) is 0. The van der Waals surface area contributed by atoms with Crippen molar-refractivity contribution in [1.82, 2.24) is 4.98 Å². The third-order valence-electron chi connectivity index (χ3n) is 2.62. The fraction of sp³-hybridized carbons (Fsp3) is 0.231. The van der Waals surface area contributed by atoms with E-state index in [4.69, 9.17) is 5.11 Å². The number of benzene rings is 1. The number of aromatic hydroxyl groups is 2. The molecule has 0 bridgehead atoms. The molecule has 3 N–H and O–H groups in total. The number of nitrogens with zero attached hydrogens (tertiary/aromatic N) is 1. The van der Waals surface area contributed by atoms with Crippen molar-refractivity contribution < 1.29 is 20.1 Å². The van der Waals surface area contributed by atoms with Crippen LogP contribution in [0.15, 0.2) is 18.2 Å². The second-order valence-electron chi connectivity index (χ2n) is 4.40. The first-order valence-corrected chi connectivity index (χ1v) is 6.48. The molecule has 0 aliphatic carbocycles. The van der Waals surface area contributed by atoms with Crippen molar-refractivity contribution in [1.29, 1.82) is 0 Å². The van der Waals surface area contributed by atoms with Gasteiger partial charge in [0.05, 0.1) is 5.69 Å². The molecule has 1 aromatic heterocycles. The molecule has 5 nitrogen and oxygen atoms in total. The fourth-order valence-corrected chi connectivity index (χ4v) is 2.71. The Balaban J connectivity index is 2.54. The summed E-state index contributed by atoms with van der Waals surface area (Å²) in [7, 11) is 0. The summed E-state index contributed by atoms with van der Waals surface area (Å²) >= 11 is 1.06. The minimum absolute atomic E-state index is 0.00168. The van der Waals surface area contributed by atoms with Gasteiger partial charge in [0.15, 0.2) is 11.5 Å². The third kappa shape index (κ3) is 2.53. The maximum absolute atomic E-state index is 11.2. The second kappa shape index (κ2) is 4.89. The van der Waals surface area contributed by atoms with Gasteiger partial charge in [0.25, 0.3) is 0 Å². The molecular weight excluding hydrogens is 266 g/mol. The van der Waals surface area contributed by atoms with Gasteiger partial charge in [-0.3, -0.25) is 0 Å². The summed E-state index contributed by atoms with van der Waals surface area (Å²) in [5.41, 5.74) is 1.11. The molecule has 19 heavy (non-hydrogen) atoms. The van der Waals surface area contributed by atoms with Crippen molar-refractivity contribution in [2.75, 3.05) is 0 Å². The zero-order valence-corrected chi connectivity index (χ0v) is 11.2. The van der Waals surface area contributed by atoms with Crippen molar-refractivity contribution >= 4 is 17.3 Å². The topological polar surface area (TPSA) is 90.7 Å². The Labute approximate surface area is 113 Å². The third-order valence-corrected chi connectivity index (χ3v) is 3.73. The van der Waals surface area contributed by atoms with E-state index in [1.807, 2.05) is 13.8 Å². The first-order chi connectivity index (χ1) is 8.90. The number of thiazole rings is 1. The van der Waals surface area contributed by atoms with Crippen LogP contribution in [0, 0.1) is 0 Å². The number of phenolic OH excluding ortho intramolecular Hbond substituents is 2. The van der Waals surface area contributed by atoms with E-state index in [1.165, 1.54) is 12.1 Å². The quantitative estimate of drug-likeness (QED) is 0.751. The van der Waals surface area contributed by atoms with Gasteiger partial charge in [0.1, 0.15) is 9.88 Å². The number of carboxylic acids is 1. The highest BCUT2D eigenvalue weighted by molar-refractivity contribution is 7.17. The van der Waals surface area contributed by atoms with Crippen LogP contribution in [0.5, 0.6) is 11.5 Å². The van der Waals surface area contributed by atoms with E-state index in [-0.39, 0.29) is 22.3 Å². The molecule has 1 heterocycles. The van der Waals surface area contributed by atoms with Gasteiger partial charge in [0, 0.05) is 5.56 Å². The minimum atomic E-state index is -1.00. The van der Waals surface area contributed by atoms with Crippen LogP contribution >= 0.6 is 11.3 Å². The predicted molar refractivity (Wildman–Crippen MR) is 71.9 cm³/mol. The highest BCUT2D eigenvalue weighted by Crippen LogP contribution is 2.35. The summed E-state index contributed by atoms with van der Waals surface area (Å²) < 4.78 is 0. The molecule has 2 rings (SSSR count). The van der Waals surface area contributed by atoms with Crippen LogP contribution in [-0.2, 0) is 0 Å².